The molecule has 1 nitrogen and oxygen atoms in total. The van der Waals surface area contributed by atoms with Crippen LogP contribution in [0.1, 0.15) is 33.3 Å². The van der Waals surface area contributed by atoms with Crippen molar-refractivity contribution in [2.75, 3.05) is 0 Å². The van der Waals surface area contributed by atoms with Gasteiger partial charge in [0.15, 0.2) is 0 Å². The minimum Gasteiger partial charge on any atom is -0.489 e. The van der Waals surface area contributed by atoms with Crippen molar-refractivity contribution in [1.29, 1.82) is 0 Å². The Kier molecular flexibility index (Phi) is 3.42. The quantitative estimate of drug-likeness (QED) is 0.667. The lowest BCUT2D eigenvalue weighted by atomic mass is 9.90. The van der Waals surface area contributed by atoms with Crippen molar-refractivity contribution in [2.45, 2.75) is 33.8 Å². The second kappa shape index (κ2) is 4.40. The zero-order valence-corrected chi connectivity index (χ0v) is 9.87. The van der Waals surface area contributed by atoms with Crippen molar-refractivity contribution in [3.63, 3.8) is 0 Å². The molecule has 0 aliphatic heterocycles. The molecule has 0 saturated carbocycles. The molecule has 1 unspecified atom stereocenters. The van der Waals surface area contributed by atoms with Gasteiger partial charge in [0.25, 0.3) is 0 Å². The summed E-state index contributed by atoms with van der Waals surface area (Å²) in [6.07, 6.45) is 5.54. The lowest BCUT2D eigenvalue weighted by Crippen LogP contribution is -2.29. The van der Waals surface area contributed by atoms with Crippen LogP contribution in [0, 0.1) is 17.8 Å². The third-order valence-corrected chi connectivity index (χ3v) is 2.57. The summed E-state index contributed by atoms with van der Waals surface area (Å²) < 4.78 is 5.86. The lowest BCUT2D eigenvalue weighted by Gasteiger charge is -2.28. The Morgan fingerprint density at radius 1 is 1.27 bits per heavy atom. The molecule has 1 heteroatoms. The number of para-hydroxylation sites is 1. The maximum Gasteiger partial charge on any atom is 0.135 e. The predicted octanol–water partition coefficient (Wildman–Crippen LogP) is 3.48. The van der Waals surface area contributed by atoms with Crippen LogP contribution in [0.2, 0.25) is 0 Å². The Morgan fingerprint density at radius 3 is 2.40 bits per heavy atom. The van der Waals surface area contributed by atoms with E-state index in [0.717, 1.165) is 11.3 Å². The number of hydrogen-bond acceptors (Lipinski definition) is 1. The molecule has 0 N–H and O–H groups in total. The van der Waals surface area contributed by atoms with Gasteiger partial charge in [-0.3, -0.25) is 0 Å². The summed E-state index contributed by atoms with van der Waals surface area (Å²) in [7, 11) is 0. The van der Waals surface area contributed by atoms with E-state index in [1.54, 1.807) is 0 Å². The molecule has 0 aromatic heterocycles. The van der Waals surface area contributed by atoms with Gasteiger partial charge in [-0.2, -0.15) is 0 Å². The zero-order chi connectivity index (χ0) is 11.5. The normalized spacial score (nSPS) is 13.0. The van der Waals surface area contributed by atoms with Gasteiger partial charge in [-0.05, 0) is 24.5 Å². The highest BCUT2D eigenvalue weighted by molar-refractivity contribution is 5.44. The molecule has 0 heterocycles. The fourth-order valence-corrected chi connectivity index (χ4v) is 1.06. The molecule has 1 atom stereocenters. The maximum absolute atomic E-state index is 5.86. The van der Waals surface area contributed by atoms with Gasteiger partial charge in [-0.1, -0.05) is 38.8 Å². The Balaban J connectivity index is 2.86. The molecule has 0 amide bonds. The van der Waals surface area contributed by atoms with Crippen LogP contribution in [0.5, 0.6) is 5.75 Å². The van der Waals surface area contributed by atoms with Crippen LogP contribution in [-0.4, -0.2) is 6.10 Å². The Morgan fingerprint density at radius 2 is 1.87 bits per heavy atom. The molecule has 80 valence electrons. The molecule has 1 rings (SSSR count). The molecule has 0 aliphatic carbocycles. The van der Waals surface area contributed by atoms with Gasteiger partial charge < -0.3 is 4.74 Å². The third kappa shape index (κ3) is 3.02. The van der Waals surface area contributed by atoms with Gasteiger partial charge in [0, 0.05) is 0 Å². The fraction of sp³-hybridized carbons (Fsp3) is 0.429. The monoisotopic (exact) mass is 202 g/mol. The number of ether oxygens (including phenoxy) is 1. The minimum atomic E-state index is 0.113. The Bertz CT molecular complexity index is 366. The molecule has 1 aromatic rings. The average molecular weight is 202 g/mol. The number of terminal acetylenes is 1. The second-order valence-electron chi connectivity index (χ2n) is 4.77. The van der Waals surface area contributed by atoms with Crippen LogP contribution in [0.4, 0.5) is 0 Å². The van der Waals surface area contributed by atoms with E-state index in [-0.39, 0.29) is 11.5 Å². The smallest absolute Gasteiger partial charge is 0.135 e. The first kappa shape index (κ1) is 11.7. The molecule has 0 fully saturated rings. The highest BCUT2D eigenvalue weighted by Crippen LogP contribution is 2.26. The second-order valence-corrected chi connectivity index (χ2v) is 4.77. The number of hydrogen-bond donors (Lipinski definition) is 0. The van der Waals surface area contributed by atoms with Crippen LogP contribution < -0.4 is 4.74 Å². The van der Waals surface area contributed by atoms with Crippen molar-refractivity contribution in [3.05, 3.63) is 29.8 Å². The summed E-state index contributed by atoms with van der Waals surface area (Å²) in [4.78, 5) is 0. The van der Waals surface area contributed by atoms with E-state index >= 15 is 0 Å². The molecule has 15 heavy (non-hydrogen) atoms. The highest BCUT2D eigenvalue weighted by atomic mass is 16.5. The molecule has 0 aliphatic rings. The summed E-state index contributed by atoms with van der Waals surface area (Å²) in [5, 5.41) is 0. The minimum absolute atomic E-state index is 0.113. The van der Waals surface area contributed by atoms with Gasteiger partial charge in [0.05, 0.1) is 5.56 Å². The molecule has 0 bridgehead atoms. The fourth-order valence-electron chi connectivity index (χ4n) is 1.06. The van der Waals surface area contributed by atoms with Crippen LogP contribution in [-0.2, 0) is 0 Å². The molecule has 0 saturated heterocycles. The van der Waals surface area contributed by atoms with Crippen LogP contribution in [0.25, 0.3) is 0 Å². The van der Waals surface area contributed by atoms with E-state index in [0.29, 0.717) is 0 Å². The maximum atomic E-state index is 5.86. The first-order valence-corrected chi connectivity index (χ1v) is 5.17. The van der Waals surface area contributed by atoms with Crippen molar-refractivity contribution < 1.29 is 4.74 Å². The van der Waals surface area contributed by atoms with Crippen molar-refractivity contribution in [1.82, 2.24) is 0 Å². The summed E-state index contributed by atoms with van der Waals surface area (Å²) in [6, 6.07) is 7.66. The van der Waals surface area contributed by atoms with Gasteiger partial charge in [0.1, 0.15) is 11.9 Å². The first-order chi connectivity index (χ1) is 6.95. The predicted molar refractivity (Wildman–Crippen MR) is 63.9 cm³/mol. The third-order valence-electron chi connectivity index (χ3n) is 2.57. The first-order valence-electron chi connectivity index (χ1n) is 5.17. The number of rotatable bonds is 2. The Labute approximate surface area is 92.5 Å². The highest BCUT2D eigenvalue weighted by Gasteiger charge is 2.22. The van der Waals surface area contributed by atoms with E-state index in [2.05, 4.69) is 33.6 Å². The van der Waals surface area contributed by atoms with Gasteiger partial charge in [0.2, 0.25) is 0 Å². The summed E-state index contributed by atoms with van der Waals surface area (Å²) >= 11 is 0. The largest absolute Gasteiger partial charge is 0.489 e. The summed E-state index contributed by atoms with van der Waals surface area (Å²) in [5.41, 5.74) is 0.926. The molecular formula is C14H18O. The molecular weight excluding hydrogens is 184 g/mol. The van der Waals surface area contributed by atoms with Crippen molar-refractivity contribution in [3.8, 4) is 18.1 Å². The van der Waals surface area contributed by atoms with Gasteiger partial charge in [-0.15, -0.1) is 6.42 Å². The van der Waals surface area contributed by atoms with E-state index in [1.807, 2.05) is 24.3 Å². The van der Waals surface area contributed by atoms with Gasteiger partial charge in [-0.25, -0.2) is 0 Å². The number of benzene rings is 1. The van der Waals surface area contributed by atoms with E-state index in [4.69, 9.17) is 11.2 Å². The SMILES string of the molecule is C#Cc1ccccc1OC(C)C(C)(C)C. The Hall–Kier alpha value is -1.42. The van der Waals surface area contributed by atoms with Crippen molar-refractivity contribution in [2.24, 2.45) is 5.41 Å². The molecule has 0 spiro atoms. The standard InChI is InChI=1S/C14H18O/c1-6-12-9-7-8-10-13(12)15-11(2)14(3,4)5/h1,7-11H,2-5H3. The topological polar surface area (TPSA) is 9.23 Å². The van der Waals surface area contributed by atoms with Crippen molar-refractivity contribution >= 4 is 0 Å². The van der Waals surface area contributed by atoms with Crippen LogP contribution in [0.3, 0.4) is 0 Å². The average Bonchev–Trinajstić information content (AvgIpc) is 2.17. The van der Waals surface area contributed by atoms with Gasteiger partial charge >= 0.3 is 0 Å². The van der Waals surface area contributed by atoms with Crippen LogP contribution in [0.15, 0.2) is 24.3 Å². The summed E-state index contributed by atoms with van der Waals surface area (Å²) in [5.74, 6) is 3.42. The van der Waals surface area contributed by atoms with E-state index in [1.165, 1.54) is 0 Å². The zero-order valence-electron chi connectivity index (χ0n) is 9.87. The summed E-state index contributed by atoms with van der Waals surface area (Å²) in [6.45, 7) is 8.51. The lowest BCUT2D eigenvalue weighted by molar-refractivity contribution is 0.103. The molecule has 1 aromatic carbocycles. The molecule has 0 radical (unpaired) electrons. The van der Waals surface area contributed by atoms with Crippen LogP contribution >= 0.6 is 0 Å². The van der Waals surface area contributed by atoms with E-state index < -0.39 is 0 Å². The van der Waals surface area contributed by atoms with E-state index in [9.17, 15) is 0 Å².